The van der Waals surface area contributed by atoms with Gasteiger partial charge in [0.15, 0.2) is 0 Å². The molecule has 3 amide bonds. The van der Waals surface area contributed by atoms with E-state index in [1.807, 2.05) is 0 Å². The Kier molecular flexibility index (Phi) is 6.60. The van der Waals surface area contributed by atoms with Gasteiger partial charge in [0.2, 0.25) is 5.01 Å². The summed E-state index contributed by atoms with van der Waals surface area (Å²) in [5.41, 5.74) is 1.04. The standard InChI is InChI=1S/C22H22FN5O3S/c1-31-18-9-7-16(8-10-18)25-22(30)28-11-3-4-14(13-28)20-26-27-21(32-20)19(29)24-17-6-2-5-15(23)12-17/h2,5-10,12,14H,3-4,11,13H2,1H3,(H,24,29)(H,25,30)/t14-/m0/s1. The molecule has 10 heteroatoms. The molecule has 1 aromatic heterocycles. The van der Waals surface area contributed by atoms with Gasteiger partial charge in [-0.3, -0.25) is 4.79 Å². The first-order valence-electron chi connectivity index (χ1n) is 10.1. The minimum Gasteiger partial charge on any atom is -0.497 e. The predicted molar refractivity (Wildman–Crippen MR) is 120 cm³/mol. The fourth-order valence-electron chi connectivity index (χ4n) is 3.48. The SMILES string of the molecule is COc1ccc(NC(=O)N2CCC[C@H](c3nnc(C(=O)Nc4cccc(F)c4)s3)C2)cc1. The van der Waals surface area contributed by atoms with Crippen LogP contribution in [-0.4, -0.2) is 47.2 Å². The van der Waals surface area contributed by atoms with Crippen LogP contribution in [0.25, 0.3) is 0 Å². The molecule has 0 aliphatic carbocycles. The third-order valence-electron chi connectivity index (χ3n) is 5.12. The number of halogens is 1. The molecule has 32 heavy (non-hydrogen) atoms. The molecule has 3 aromatic rings. The first kappa shape index (κ1) is 21.7. The van der Waals surface area contributed by atoms with E-state index < -0.39 is 11.7 Å². The number of piperidine rings is 1. The number of benzene rings is 2. The van der Waals surface area contributed by atoms with Crippen molar-refractivity contribution >= 4 is 34.6 Å². The van der Waals surface area contributed by atoms with Gasteiger partial charge in [-0.05, 0) is 55.3 Å². The van der Waals surface area contributed by atoms with Crippen molar-refractivity contribution in [1.29, 1.82) is 0 Å². The highest BCUT2D eigenvalue weighted by Crippen LogP contribution is 2.30. The van der Waals surface area contributed by atoms with E-state index in [2.05, 4.69) is 20.8 Å². The van der Waals surface area contributed by atoms with E-state index in [-0.39, 0.29) is 17.0 Å². The zero-order valence-electron chi connectivity index (χ0n) is 17.4. The smallest absolute Gasteiger partial charge is 0.321 e. The molecule has 1 aliphatic heterocycles. The molecule has 0 unspecified atom stereocenters. The third-order valence-corrected chi connectivity index (χ3v) is 6.20. The number of aromatic nitrogens is 2. The molecule has 8 nitrogen and oxygen atoms in total. The van der Waals surface area contributed by atoms with Crippen LogP contribution in [0.4, 0.5) is 20.6 Å². The molecule has 2 heterocycles. The quantitative estimate of drug-likeness (QED) is 0.596. The Morgan fingerprint density at radius 1 is 1.12 bits per heavy atom. The molecule has 0 saturated carbocycles. The molecule has 1 saturated heterocycles. The number of nitrogens with one attached hydrogen (secondary N) is 2. The number of carbonyl (C=O) groups is 2. The first-order valence-corrected chi connectivity index (χ1v) is 10.9. The Balaban J connectivity index is 1.37. The third kappa shape index (κ3) is 5.20. The normalized spacial score (nSPS) is 15.8. The van der Waals surface area contributed by atoms with E-state index in [4.69, 9.17) is 4.74 Å². The molecule has 1 aliphatic rings. The highest BCUT2D eigenvalue weighted by molar-refractivity contribution is 7.13. The lowest BCUT2D eigenvalue weighted by Gasteiger charge is -2.31. The van der Waals surface area contributed by atoms with Crippen LogP contribution in [0.1, 0.15) is 33.6 Å². The lowest BCUT2D eigenvalue weighted by molar-refractivity contribution is 0.102. The number of carbonyl (C=O) groups excluding carboxylic acids is 2. The van der Waals surface area contributed by atoms with E-state index >= 15 is 0 Å². The molecule has 1 fully saturated rings. The van der Waals surface area contributed by atoms with Crippen molar-refractivity contribution in [2.24, 2.45) is 0 Å². The maximum absolute atomic E-state index is 13.3. The topological polar surface area (TPSA) is 96.4 Å². The number of anilines is 2. The lowest BCUT2D eigenvalue weighted by Crippen LogP contribution is -2.41. The van der Waals surface area contributed by atoms with Gasteiger partial charge in [0, 0.05) is 30.4 Å². The zero-order chi connectivity index (χ0) is 22.5. The van der Waals surface area contributed by atoms with Gasteiger partial charge in [-0.15, -0.1) is 10.2 Å². The summed E-state index contributed by atoms with van der Waals surface area (Å²) >= 11 is 1.19. The largest absolute Gasteiger partial charge is 0.497 e. The Morgan fingerprint density at radius 3 is 2.69 bits per heavy atom. The summed E-state index contributed by atoms with van der Waals surface area (Å²) in [6.07, 6.45) is 1.68. The van der Waals surface area contributed by atoms with Crippen molar-refractivity contribution in [3.8, 4) is 5.75 Å². The van der Waals surface area contributed by atoms with Crippen LogP contribution in [0.3, 0.4) is 0 Å². The van der Waals surface area contributed by atoms with Gasteiger partial charge in [0.25, 0.3) is 5.91 Å². The van der Waals surface area contributed by atoms with Crippen LogP contribution in [-0.2, 0) is 0 Å². The molecule has 2 aromatic carbocycles. The Labute approximate surface area is 188 Å². The van der Waals surface area contributed by atoms with Gasteiger partial charge in [0.05, 0.1) is 7.11 Å². The van der Waals surface area contributed by atoms with Gasteiger partial charge in [-0.25, -0.2) is 9.18 Å². The molecule has 2 N–H and O–H groups in total. The van der Waals surface area contributed by atoms with E-state index in [9.17, 15) is 14.0 Å². The molecule has 0 radical (unpaired) electrons. The monoisotopic (exact) mass is 455 g/mol. The Hall–Kier alpha value is -3.53. The molecular weight excluding hydrogens is 433 g/mol. The van der Waals surface area contributed by atoms with E-state index in [1.165, 1.54) is 29.5 Å². The average Bonchev–Trinajstić information content (AvgIpc) is 3.30. The fraction of sp³-hybridized carbons (Fsp3) is 0.273. The van der Waals surface area contributed by atoms with Crippen LogP contribution in [0, 0.1) is 5.82 Å². The first-order chi connectivity index (χ1) is 15.5. The molecule has 1 atom stereocenters. The molecule has 166 valence electrons. The summed E-state index contributed by atoms with van der Waals surface area (Å²) in [4.78, 5) is 26.9. The van der Waals surface area contributed by atoms with Gasteiger partial charge in [-0.1, -0.05) is 17.4 Å². The zero-order valence-corrected chi connectivity index (χ0v) is 18.2. The average molecular weight is 456 g/mol. The number of hydrogen-bond acceptors (Lipinski definition) is 6. The second-order valence-electron chi connectivity index (χ2n) is 7.35. The number of amides is 3. The fourth-order valence-corrected chi connectivity index (χ4v) is 4.35. The summed E-state index contributed by atoms with van der Waals surface area (Å²) in [6, 6.07) is 12.6. The molecule has 0 bridgehead atoms. The van der Waals surface area contributed by atoms with Gasteiger partial charge < -0.3 is 20.3 Å². The van der Waals surface area contributed by atoms with Crippen molar-refractivity contribution in [2.75, 3.05) is 30.8 Å². The summed E-state index contributed by atoms with van der Waals surface area (Å²) in [5, 5.41) is 14.6. The molecular formula is C22H22FN5O3S. The van der Waals surface area contributed by atoms with Gasteiger partial charge in [0.1, 0.15) is 16.6 Å². The van der Waals surface area contributed by atoms with Crippen LogP contribution in [0.5, 0.6) is 5.75 Å². The lowest BCUT2D eigenvalue weighted by atomic mass is 9.99. The number of ether oxygens (including phenoxy) is 1. The number of urea groups is 1. The van der Waals surface area contributed by atoms with Crippen LogP contribution in [0.2, 0.25) is 0 Å². The second-order valence-corrected chi connectivity index (χ2v) is 8.36. The summed E-state index contributed by atoms with van der Waals surface area (Å²) in [7, 11) is 1.59. The maximum atomic E-state index is 13.3. The number of rotatable bonds is 5. The summed E-state index contributed by atoms with van der Waals surface area (Å²) in [5.74, 6) is -0.159. The minimum atomic E-state index is -0.440. The molecule has 0 spiro atoms. The van der Waals surface area contributed by atoms with Crippen molar-refractivity contribution < 1.29 is 18.7 Å². The van der Waals surface area contributed by atoms with Crippen molar-refractivity contribution in [3.63, 3.8) is 0 Å². The second kappa shape index (κ2) is 9.73. The van der Waals surface area contributed by atoms with Crippen molar-refractivity contribution in [1.82, 2.24) is 15.1 Å². The highest BCUT2D eigenvalue weighted by atomic mass is 32.1. The summed E-state index contributed by atoms with van der Waals surface area (Å²) < 4.78 is 18.5. The van der Waals surface area contributed by atoms with Crippen molar-refractivity contribution in [3.05, 3.63) is 64.4 Å². The number of nitrogens with zero attached hydrogens (tertiary/aromatic N) is 3. The van der Waals surface area contributed by atoms with Gasteiger partial charge >= 0.3 is 6.03 Å². The number of methoxy groups -OCH3 is 1. The minimum absolute atomic E-state index is 0.00131. The summed E-state index contributed by atoms with van der Waals surface area (Å²) in [6.45, 7) is 1.13. The van der Waals surface area contributed by atoms with E-state index in [1.54, 1.807) is 42.3 Å². The molecule has 4 rings (SSSR count). The van der Waals surface area contributed by atoms with Crippen molar-refractivity contribution in [2.45, 2.75) is 18.8 Å². The van der Waals surface area contributed by atoms with Gasteiger partial charge in [-0.2, -0.15) is 0 Å². The Morgan fingerprint density at radius 2 is 1.94 bits per heavy atom. The van der Waals surface area contributed by atoms with Crippen LogP contribution in [0.15, 0.2) is 48.5 Å². The Bertz CT molecular complexity index is 1100. The van der Waals surface area contributed by atoms with E-state index in [0.717, 1.165) is 18.6 Å². The predicted octanol–water partition coefficient (Wildman–Crippen LogP) is 4.35. The maximum Gasteiger partial charge on any atom is 0.321 e. The number of likely N-dealkylation sites (tertiary alicyclic amines) is 1. The van der Waals surface area contributed by atoms with Crippen LogP contribution >= 0.6 is 11.3 Å². The van der Waals surface area contributed by atoms with E-state index in [0.29, 0.717) is 29.5 Å². The van der Waals surface area contributed by atoms with Crippen LogP contribution < -0.4 is 15.4 Å². The number of hydrogen-bond donors (Lipinski definition) is 2. The highest BCUT2D eigenvalue weighted by Gasteiger charge is 2.28.